The van der Waals surface area contributed by atoms with E-state index in [1.165, 1.54) is 12.1 Å². The Bertz CT molecular complexity index is 883. The van der Waals surface area contributed by atoms with Crippen molar-refractivity contribution in [1.82, 2.24) is 5.32 Å². The molecule has 3 aromatic carbocycles. The van der Waals surface area contributed by atoms with E-state index in [1.54, 1.807) is 12.1 Å². The van der Waals surface area contributed by atoms with E-state index in [-0.39, 0.29) is 5.82 Å². The Morgan fingerprint density at radius 3 is 1.81 bits per heavy atom. The molecule has 0 fully saturated rings. The summed E-state index contributed by atoms with van der Waals surface area (Å²) >= 11 is 0. The van der Waals surface area contributed by atoms with Crippen molar-refractivity contribution in [1.29, 1.82) is 0 Å². The lowest BCUT2D eigenvalue weighted by molar-refractivity contribution is -0.108. The zero-order valence-corrected chi connectivity index (χ0v) is 14.9. The van der Waals surface area contributed by atoms with Crippen molar-refractivity contribution in [3.05, 3.63) is 107 Å². The number of hydrogen-bond acceptors (Lipinski definition) is 1. The summed E-state index contributed by atoms with van der Waals surface area (Å²) in [5.74, 6) is 2.97. The second-order valence-corrected chi connectivity index (χ2v) is 6.43. The third kappa shape index (κ3) is 4.83. The Kier molecular flexibility index (Phi) is 6.02. The number of benzene rings is 3. The highest BCUT2D eigenvalue weighted by Gasteiger charge is 2.31. The van der Waals surface area contributed by atoms with Gasteiger partial charge in [-0.3, -0.25) is 10.1 Å². The molecule has 0 aromatic heterocycles. The van der Waals surface area contributed by atoms with Gasteiger partial charge in [-0.2, -0.15) is 0 Å². The number of carbonyl (C=O) groups is 1. The molecule has 0 bridgehead atoms. The topological polar surface area (TPSA) is 29.1 Å². The third-order valence-electron chi connectivity index (χ3n) is 4.53. The summed E-state index contributed by atoms with van der Waals surface area (Å²) in [6, 6.07) is 29.3. The van der Waals surface area contributed by atoms with Crippen LogP contribution in [0.4, 0.5) is 4.39 Å². The van der Waals surface area contributed by atoms with Gasteiger partial charge >= 0.3 is 0 Å². The van der Waals surface area contributed by atoms with Gasteiger partial charge in [-0.25, -0.2) is 4.39 Å². The van der Waals surface area contributed by atoms with Crippen molar-refractivity contribution in [2.24, 2.45) is 0 Å². The second-order valence-electron chi connectivity index (χ2n) is 6.43. The van der Waals surface area contributed by atoms with E-state index >= 15 is 0 Å². The van der Waals surface area contributed by atoms with E-state index in [4.69, 9.17) is 0 Å². The van der Waals surface area contributed by atoms with Gasteiger partial charge in [0.1, 0.15) is 5.82 Å². The molecule has 1 amide bonds. The Labute approximate surface area is 159 Å². The highest BCUT2D eigenvalue weighted by molar-refractivity contribution is 5.51. The van der Waals surface area contributed by atoms with Gasteiger partial charge in [0.2, 0.25) is 6.41 Å². The molecule has 1 N–H and O–H groups in total. The van der Waals surface area contributed by atoms with E-state index in [9.17, 15) is 9.18 Å². The van der Waals surface area contributed by atoms with Crippen LogP contribution in [-0.2, 0) is 23.1 Å². The number of hydrogen-bond donors (Lipinski definition) is 1. The van der Waals surface area contributed by atoms with Crippen LogP contribution >= 0.6 is 0 Å². The fourth-order valence-electron chi connectivity index (χ4n) is 3.27. The number of nitrogens with one attached hydrogen (secondary N) is 1. The van der Waals surface area contributed by atoms with Gasteiger partial charge in [0.25, 0.3) is 0 Å². The zero-order valence-electron chi connectivity index (χ0n) is 14.9. The smallest absolute Gasteiger partial charge is 0.218 e. The summed E-state index contributed by atoms with van der Waals surface area (Å²) in [5.41, 5.74) is 2.56. The summed E-state index contributed by atoms with van der Waals surface area (Å²) < 4.78 is 13.5. The van der Waals surface area contributed by atoms with E-state index in [2.05, 4.69) is 41.5 Å². The molecule has 0 saturated heterocycles. The van der Waals surface area contributed by atoms with Crippen LogP contribution in [0.1, 0.15) is 16.7 Å². The van der Waals surface area contributed by atoms with Gasteiger partial charge in [0.15, 0.2) is 0 Å². The van der Waals surface area contributed by atoms with Crippen LogP contribution in [0.25, 0.3) is 0 Å². The molecule has 0 aliphatic carbocycles. The first kappa shape index (κ1) is 18.4. The molecule has 0 radical (unpaired) electrons. The predicted molar refractivity (Wildman–Crippen MR) is 105 cm³/mol. The molecule has 0 saturated carbocycles. The van der Waals surface area contributed by atoms with E-state index in [0.717, 1.165) is 16.7 Å². The highest BCUT2D eigenvalue weighted by atomic mass is 19.1. The fraction of sp³-hybridized carbons (Fsp3) is 0.125. The van der Waals surface area contributed by atoms with Crippen molar-refractivity contribution >= 4 is 6.41 Å². The lowest BCUT2D eigenvalue weighted by Gasteiger charge is -2.30. The molecule has 3 aromatic rings. The van der Waals surface area contributed by atoms with Gasteiger partial charge in [-0.15, -0.1) is 0 Å². The molecule has 3 rings (SSSR count). The molecule has 0 heterocycles. The molecule has 27 heavy (non-hydrogen) atoms. The molecular weight excluding hydrogens is 337 g/mol. The van der Waals surface area contributed by atoms with E-state index in [1.807, 2.05) is 36.4 Å². The Balaban J connectivity index is 2.11. The quantitative estimate of drug-likeness (QED) is 0.399. The first-order valence-electron chi connectivity index (χ1n) is 8.77. The summed E-state index contributed by atoms with van der Waals surface area (Å²) in [4.78, 5) is 10.7. The highest BCUT2D eigenvalue weighted by Crippen LogP contribution is 2.32. The maximum atomic E-state index is 13.5. The van der Waals surface area contributed by atoms with Crippen LogP contribution in [-0.4, -0.2) is 6.41 Å². The normalized spacial score (nSPS) is 10.6. The molecule has 0 aliphatic heterocycles. The monoisotopic (exact) mass is 357 g/mol. The minimum atomic E-state index is -0.605. The van der Waals surface area contributed by atoms with Crippen LogP contribution in [0.3, 0.4) is 0 Å². The maximum absolute atomic E-state index is 13.5. The van der Waals surface area contributed by atoms with Crippen molar-refractivity contribution in [2.75, 3.05) is 0 Å². The summed E-state index contributed by atoms with van der Waals surface area (Å²) in [6.45, 7) is 0. The minimum absolute atomic E-state index is 0.286. The Hall–Kier alpha value is -3.38. The van der Waals surface area contributed by atoms with Crippen LogP contribution in [0, 0.1) is 17.8 Å². The number of amides is 1. The molecule has 0 unspecified atom stereocenters. The average molecular weight is 357 g/mol. The maximum Gasteiger partial charge on any atom is 0.218 e. The van der Waals surface area contributed by atoms with Gasteiger partial charge in [-0.1, -0.05) is 78.7 Å². The largest absolute Gasteiger partial charge is 0.288 e. The van der Waals surface area contributed by atoms with Crippen LogP contribution < -0.4 is 5.32 Å². The van der Waals surface area contributed by atoms with Crippen LogP contribution in [0.2, 0.25) is 0 Å². The molecular formula is C24H20FNO. The summed E-state index contributed by atoms with van der Waals surface area (Å²) in [6.07, 6.45) is 1.84. The lowest BCUT2D eigenvalue weighted by Crippen LogP contribution is -2.31. The Morgan fingerprint density at radius 1 is 0.815 bits per heavy atom. The SMILES string of the molecule is O=CNC#CC(Cc1ccccc1)(Cc1ccccc1)c1ccc(F)cc1. The average Bonchev–Trinajstić information content (AvgIpc) is 2.70. The first-order chi connectivity index (χ1) is 13.2. The van der Waals surface area contributed by atoms with Crippen molar-refractivity contribution in [3.63, 3.8) is 0 Å². The van der Waals surface area contributed by atoms with Crippen molar-refractivity contribution < 1.29 is 9.18 Å². The van der Waals surface area contributed by atoms with Gasteiger partial charge in [-0.05, 0) is 41.7 Å². The summed E-state index contributed by atoms with van der Waals surface area (Å²) in [7, 11) is 0. The Morgan fingerprint density at radius 2 is 1.33 bits per heavy atom. The molecule has 2 nitrogen and oxygen atoms in total. The minimum Gasteiger partial charge on any atom is -0.288 e. The fourth-order valence-corrected chi connectivity index (χ4v) is 3.27. The van der Waals surface area contributed by atoms with Crippen LogP contribution in [0.15, 0.2) is 84.9 Å². The van der Waals surface area contributed by atoms with Gasteiger partial charge in [0, 0.05) is 6.04 Å². The van der Waals surface area contributed by atoms with Crippen LogP contribution in [0.5, 0.6) is 0 Å². The van der Waals surface area contributed by atoms with Gasteiger partial charge in [0.05, 0.1) is 5.41 Å². The molecule has 0 spiro atoms. The third-order valence-corrected chi connectivity index (χ3v) is 4.53. The zero-order chi connectivity index (χ0) is 19.0. The first-order valence-corrected chi connectivity index (χ1v) is 8.77. The molecule has 3 heteroatoms. The van der Waals surface area contributed by atoms with E-state index in [0.29, 0.717) is 19.3 Å². The summed E-state index contributed by atoms with van der Waals surface area (Å²) in [5, 5.41) is 2.44. The number of carbonyl (C=O) groups excluding carboxylic acids is 1. The lowest BCUT2D eigenvalue weighted by atomic mass is 9.72. The predicted octanol–water partition coefficient (Wildman–Crippen LogP) is 4.26. The number of halogens is 1. The molecule has 0 atom stereocenters. The molecule has 0 aliphatic rings. The molecule has 134 valence electrons. The standard InChI is InChI=1S/C24H20FNO/c25-23-13-11-22(12-14-23)24(15-16-26-19-27,17-20-7-3-1-4-8-20)18-21-9-5-2-6-10-21/h1-14,19H,17-18H2,(H,26,27). The van der Waals surface area contributed by atoms with Crippen molar-refractivity contribution in [2.45, 2.75) is 18.3 Å². The second kappa shape index (κ2) is 8.82. The number of rotatable bonds is 6. The van der Waals surface area contributed by atoms with E-state index < -0.39 is 5.41 Å². The van der Waals surface area contributed by atoms with Crippen molar-refractivity contribution in [3.8, 4) is 12.0 Å². The van der Waals surface area contributed by atoms with Gasteiger partial charge < -0.3 is 0 Å².